The van der Waals surface area contributed by atoms with Gasteiger partial charge >= 0.3 is 0 Å². The first-order valence-corrected chi connectivity index (χ1v) is 6.30. The molecule has 1 heterocycles. The van der Waals surface area contributed by atoms with Crippen LogP contribution in [-0.4, -0.2) is 36.8 Å². The minimum Gasteiger partial charge on any atom is -0.496 e. The van der Waals surface area contributed by atoms with E-state index < -0.39 is 17.5 Å². The molecule has 102 valence electrons. The van der Waals surface area contributed by atoms with Crippen LogP contribution in [0.3, 0.4) is 0 Å². The SMILES string of the molecule is COc1ccc(F)cc1C(=O)C(=O)N1CCCCC1. The van der Waals surface area contributed by atoms with Crippen LogP contribution in [0.5, 0.6) is 5.75 Å². The Balaban J connectivity index is 2.23. The van der Waals surface area contributed by atoms with E-state index >= 15 is 0 Å². The monoisotopic (exact) mass is 265 g/mol. The van der Waals surface area contributed by atoms with E-state index in [9.17, 15) is 14.0 Å². The lowest BCUT2D eigenvalue weighted by Crippen LogP contribution is -2.40. The molecular weight excluding hydrogens is 249 g/mol. The fourth-order valence-electron chi connectivity index (χ4n) is 2.21. The Morgan fingerprint density at radius 2 is 1.89 bits per heavy atom. The highest BCUT2D eigenvalue weighted by Gasteiger charge is 2.27. The van der Waals surface area contributed by atoms with Gasteiger partial charge in [-0.2, -0.15) is 0 Å². The van der Waals surface area contributed by atoms with Crippen molar-refractivity contribution in [1.82, 2.24) is 4.90 Å². The fourth-order valence-corrected chi connectivity index (χ4v) is 2.21. The zero-order chi connectivity index (χ0) is 13.8. The molecule has 0 spiro atoms. The Kier molecular flexibility index (Phi) is 4.14. The van der Waals surface area contributed by atoms with Crippen LogP contribution in [-0.2, 0) is 4.79 Å². The number of halogens is 1. The van der Waals surface area contributed by atoms with Gasteiger partial charge in [0.05, 0.1) is 12.7 Å². The number of piperidine rings is 1. The first-order valence-electron chi connectivity index (χ1n) is 6.30. The van der Waals surface area contributed by atoms with Gasteiger partial charge in [0.1, 0.15) is 11.6 Å². The number of methoxy groups -OCH3 is 1. The number of ketones is 1. The van der Waals surface area contributed by atoms with Crippen LogP contribution in [0.4, 0.5) is 4.39 Å². The maximum atomic E-state index is 13.2. The van der Waals surface area contributed by atoms with Crippen molar-refractivity contribution in [2.24, 2.45) is 0 Å². The highest BCUT2D eigenvalue weighted by atomic mass is 19.1. The summed E-state index contributed by atoms with van der Waals surface area (Å²) < 4.78 is 18.2. The quantitative estimate of drug-likeness (QED) is 0.620. The zero-order valence-corrected chi connectivity index (χ0v) is 10.8. The number of carbonyl (C=O) groups is 2. The Morgan fingerprint density at radius 1 is 1.21 bits per heavy atom. The second-order valence-electron chi connectivity index (χ2n) is 4.53. The summed E-state index contributed by atoms with van der Waals surface area (Å²) >= 11 is 0. The van der Waals surface area contributed by atoms with E-state index in [1.54, 1.807) is 0 Å². The summed E-state index contributed by atoms with van der Waals surface area (Å²) in [6.45, 7) is 1.17. The third-order valence-electron chi connectivity index (χ3n) is 3.24. The Morgan fingerprint density at radius 3 is 2.53 bits per heavy atom. The molecule has 1 aliphatic heterocycles. The zero-order valence-electron chi connectivity index (χ0n) is 10.8. The largest absolute Gasteiger partial charge is 0.496 e. The molecule has 1 aromatic carbocycles. The molecule has 0 radical (unpaired) electrons. The van der Waals surface area contributed by atoms with Crippen LogP contribution in [0.2, 0.25) is 0 Å². The van der Waals surface area contributed by atoms with E-state index in [1.165, 1.54) is 24.1 Å². The summed E-state index contributed by atoms with van der Waals surface area (Å²) in [5.74, 6) is -1.63. The highest BCUT2D eigenvalue weighted by molar-refractivity contribution is 6.43. The molecular formula is C14H16FNO3. The van der Waals surface area contributed by atoms with Gasteiger partial charge in [0.15, 0.2) is 0 Å². The summed E-state index contributed by atoms with van der Waals surface area (Å²) in [7, 11) is 1.38. The van der Waals surface area contributed by atoms with Crippen LogP contribution in [0.15, 0.2) is 18.2 Å². The first kappa shape index (κ1) is 13.5. The minimum atomic E-state index is -0.710. The minimum absolute atomic E-state index is 0.0157. The Labute approximate surface area is 111 Å². The predicted molar refractivity (Wildman–Crippen MR) is 67.7 cm³/mol. The van der Waals surface area contributed by atoms with Crippen molar-refractivity contribution < 1.29 is 18.7 Å². The molecule has 1 aliphatic rings. The van der Waals surface area contributed by atoms with Crippen molar-refractivity contribution in [1.29, 1.82) is 0 Å². The van der Waals surface area contributed by atoms with Crippen molar-refractivity contribution in [2.75, 3.05) is 20.2 Å². The number of hydrogen-bond acceptors (Lipinski definition) is 3. The van der Waals surface area contributed by atoms with Gasteiger partial charge in [0, 0.05) is 13.1 Å². The van der Waals surface area contributed by atoms with Crippen molar-refractivity contribution in [3.8, 4) is 5.75 Å². The van der Waals surface area contributed by atoms with E-state index in [1.807, 2.05) is 0 Å². The molecule has 0 aliphatic carbocycles. The Hall–Kier alpha value is -1.91. The van der Waals surface area contributed by atoms with E-state index in [2.05, 4.69) is 0 Å². The summed E-state index contributed by atoms with van der Waals surface area (Å²) in [6.07, 6.45) is 2.87. The van der Waals surface area contributed by atoms with E-state index in [4.69, 9.17) is 4.74 Å². The van der Waals surface area contributed by atoms with Gasteiger partial charge in [-0.05, 0) is 37.5 Å². The van der Waals surface area contributed by atoms with Gasteiger partial charge in [0.25, 0.3) is 11.7 Å². The van der Waals surface area contributed by atoms with Crippen LogP contribution in [0.1, 0.15) is 29.6 Å². The van der Waals surface area contributed by atoms with Crippen molar-refractivity contribution >= 4 is 11.7 Å². The average Bonchev–Trinajstić information content (AvgIpc) is 2.46. The fraction of sp³-hybridized carbons (Fsp3) is 0.429. The van der Waals surface area contributed by atoms with Gasteiger partial charge in [-0.3, -0.25) is 9.59 Å². The standard InChI is InChI=1S/C14H16FNO3/c1-19-12-6-5-10(15)9-11(12)13(17)14(18)16-7-3-2-4-8-16/h5-6,9H,2-4,7-8H2,1H3. The van der Waals surface area contributed by atoms with Crippen LogP contribution >= 0.6 is 0 Å². The van der Waals surface area contributed by atoms with Crippen LogP contribution < -0.4 is 4.74 Å². The van der Waals surface area contributed by atoms with Gasteiger partial charge in [-0.25, -0.2) is 4.39 Å². The second-order valence-corrected chi connectivity index (χ2v) is 4.53. The van der Waals surface area contributed by atoms with Crippen molar-refractivity contribution in [2.45, 2.75) is 19.3 Å². The van der Waals surface area contributed by atoms with Gasteiger partial charge < -0.3 is 9.64 Å². The molecule has 2 rings (SSSR count). The molecule has 4 nitrogen and oxygen atoms in total. The van der Waals surface area contributed by atoms with Gasteiger partial charge in [-0.1, -0.05) is 0 Å². The molecule has 0 N–H and O–H groups in total. The van der Waals surface area contributed by atoms with E-state index in [0.717, 1.165) is 25.3 Å². The maximum Gasteiger partial charge on any atom is 0.295 e. The normalized spacial score (nSPS) is 15.2. The van der Waals surface area contributed by atoms with E-state index in [0.29, 0.717) is 13.1 Å². The molecule has 0 unspecified atom stereocenters. The number of likely N-dealkylation sites (tertiary alicyclic amines) is 1. The van der Waals surface area contributed by atoms with Gasteiger partial charge in [-0.15, -0.1) is 0 Å². The van der Waals surface area contributed by atoms with E-state index in [-0.39, 0.29) is 11.3 Å². The number of amides is 1. The number of nitrogens with zero attached hydrogens (tertiary/aromatic N) is 1. The summed E-state index contributed by atoms with van der Waals surface area (Å²) in [6, 6.07) is 3.59. The van der Waals surface area contributed by atoms with Crippen LogP contribution in [0.25, 0.3) is 0 Å². The topological polar surface area (TPSA) is 46.6 Å². The predicted octanol–water partition coefficient (Wildman–Crippen LogP) is 2.03. The second kappa shape index (κ2) is 5.82. The lowest BCUT2D eigenvalue weighted by molar-refractivity contribution is -0.127. The molecule has 0 aromatic heterocycles. The number of rotatable bonds is 3. The van der Waals surface area contributed by atoms with Gasteiger partial charge in [0.2, 0.25) is 0 Å². The molecule has 1 amide bonds. The smallest absolute Gasteiger partial charge is 0.295 e. The molecule has 0 saturated carbocycles. The molecule has 0 atom stereocenters. The first-order chi connectivity index (χ1) is 9.13. The third-order valence-corrected chi connectivity index (χ3v) is 3.24. The summed E-state index contributed by atoms with van der Waals surface area (Å²) in [5, 5.41) is 0. The molecule has 5 heteroatoms. The molecule has 1 saturated heterocycles. The van der Waals surface area contributed by atoms with Crippen molar-refractivity contribution in [3.05, 3.63) is 29.6 Å². The third kappa shape index (κ3) is 2.92. The number of benzene rings is 1. The lowest BCUT2D eigenvalue weighted by atomic mass is 10.1. The molecule has 0 bridgehead atoms. The highest BCUT2D eigenvalue weighted by Crippen LogP contribution is 2.21. The van der Waals surface area contributed by atoms with Crippen LogP contribution in [0, 0.1) is 5.82 Å². The lowest BCUT2D eigenvalue weighted by Gasteiger charge is -2.26. The summed E-state index contributed by atoms with van der Waals surface area (Å²) in [4.78, 5) is 25.7. The number of carbonyl (C=O) groups excluding carboxylic acids is 2. The van der Waals surface area contributed by atoms with Crippen molar-refractivity contribution in [3.63, 3.8) is 0 Å². The average molecular weight is 265 g/mol. The number of ether oxygens (including phenoxy) is 1. The molecule has 1 aromatic rings. The molecule has 19 heavy (non-hydrogen) atoms. The Bertz CT molecular complexity index is 495. The maximum absolute atomic E-state index is 13.2. The number of hydrogen-bond donors (Lipinski definition) is 0. The molecule has 1 fully saturated rings. The summed E-state index contributed by atoms with van der Waals surface area (Å²) in [5.41, 5.74) is -0.0157. The number of Topliss-reactive ketones (excluding diaryl/α,β-unsaturated/α-hetero) is 1.